The molecule has 5 rings (SSSR count). The van der Waals surface area contributed by atoms with E-state index in [2.05, 4.69) is 15.2 Å². The Kier molecular flexibility index (Phi) is 5.32. The van der Waals surface area contributed by atoms with Crippen molar-refractivity contribution >= 4 is 41.7 Å². The van der Waals surface area contributed by atoms with Gasteiger partial charge in [0.25, 0.3) is 5.91 Å². The zero-order valence-corrected chi connectivity index (χ0v) is 13.7. The second-order valence-electron chi connectivity index (χ2n) is 5.75. The number of nitrogens with one attached hydrogen (secondary N) is 1. The molecule has 7 heteroatoms. The highest BCUT2D eigenvalue weighted by atomic mass is 35.5. The number of carbonyl (C=O) groups excluding carboxylic acids is 1. The van der Waals surface area contributed by atoms with Gasteiger partial charge in [0.1, 0.15) is 11.3 Å². The van der Waals surface area contributed by atoms with Crippen molar-refractivity contribution in [2.75, 3.05) is 19.6 Å². The van der Waals surface area contributed by atoms with E-state index < -0.39 is 0 Å². The topological polar surface area (TPSA) is 58.4 Å². The molecule has 0 saturated carbocycles. The van der Waals surface area contributed by atoms with Crippen LogP contribution in [0.1, 0.15) is 23.3 Å². The SMILES string of the molecule is Cl.Cl.O=C(N[C@H]1CN2CCC1CC2)c1cc2occc2cn1. The van der Waals surface area contributed by atoms with E-state index in [0.29, 0.717) is 17.2 Å². The van der Waals surface area contributed by atoms with Gasteiger partial charge in [-0.2, -0.15) is 0 Å². The van der Waals surface area contributed by atoms with Gasteiger partial charge in [-0.25, -0.2) is 0 Å². The standard InChI is InChI=1S/C15H17N3O2.2ClH/c19-15(12-7-14-11(8-16-12)3-6-20-14)17-13-9-18-4-1-10(13)2-5-18;;/h3,6-8,10,13H,1-2,4-5,9H2,(H,17,19);2*1H/t13-;;/m0../s1. The summed E-state index contributed by atoms with van der Waals surface area (Å²) in [6, 6.07) is 3.82. The van der Waals surface area contributed by atoms with Crippen LogP contribution in [0.3, 0.4) is 0 Å². The number of hydrogen-bond donors (Lipinski definition) is 1. The average molecular weight is 344 g/mol. The van der Waals surface area contributed by atoms with E-state index in [1.807, 2.05) is 6.07 Å². The van der Waals surface area contributed by atoms with Crippen LogP contribution in [0, 0.1) is 5.92 Å². The summed E-state index contributed by atoms with van der Waals surface area (Å²) in [6.45, 7) is 3.32. The van der Waals surface area contributed by atoms with Gasteiger partial charge in [0, 0.05) is 30.2 Å². The maximum atomic E-state index is 12.3. The highest BCUT2D eigenvalue weighted by Crippen LogP contribution is 2.27. The number of hydrogen-bond acceptors (Lipinski definition) is 4. The summed E-state index contributed by atoms with van der Waals surface area (Å²) in [7, 11) is 0. The lowest BCUT2D eigenvalue weighted by atomic mass is 9.84. The van der Waals surface area contributed by atoms with E-state index in [9.17, 15) is 4.79 Å². The zero-order chi connectivity index (χ0) is 13.5. The van der Waals surface area contributed by atoms with Gasteiger partial charge in [0.15, 0.2) is 0 Å². The fraction of sp³-hybridized carbons (Fsp3) is 0.467. The number of carbonyl (C=O) groups is 1. The summed E-state index contributed by atoms with van der Waals surface area (Å²) in [5.41, 5.74) is 1.14. The lowest BCUT2D eigenvalue weighted by molar-refractivity contribution is 0.0618. The molecule has 1 N–H and O–H groups in total. The summed E-state index contributed by atoms with van der Waals surface area (Å²) in [6.07, 6.45) is 5.68. The summed E-state index contributed by atoms with van der Waals surface area (Å²) in [5, 5.41) is 4.06. The number of rotatable bonds is 2. The van der Waals surface area contributed by atoms with Crippen molar-refractivity contribution in [1.82, 2.24) is 15.2 Å². The molecule has 0 unspecified atom stereocenters. The van der Waals surface area contributed by atoms with E-state index in [1.165, 1.54) is 25.9 Å². The number of piperidine rings is 3. The maximum absolute atomic E-state index is 12.3. The molecule has 2 aromatic heterocycles. The van der Waals surface area contributed by atoms with Crippen LogP contribution in [0.5, 0.6) is 0 Å². The molecule has 0 radical (unpaired) electrons. The predicted molar refractivity (Wildman–Crippen MR) is 88.9 cm³/mol. The first kappa shape index (κ1) is 17.1. The lowest BCUT2D eigenvalue weighted by Gasteiger charge is -2.44. The summed E-state index contributed by atoms with van der Waals surface area (Å²) in [5.74, 6) is 0.526. The van der Waals surface area contributed by atoms with E-state index in [0.717, 1.165) is 11.9 Å². The molecule has 2 aromatic rings. The highest BCUT2D eigenvalue weighted by Gasteiger charge is 2.35. The van der Waals surface area contributed by atoms with Crippen LogP contribution >= 0.6 is 24.8 Å². The van der Waals surface area contributed by atoms with Gasteiger partial charge in [0.05, 0.1) is 6.26 Å². The molecule has 1 amide bonds. The molecule has 120 valence electrons. The van der Waals surface area contributed by atoms with Crippen molar-refractivity contribution in [2.24, 2.45) is 5.92 Å². The number of nitrogens with zero attached hydrogens (tertiary/aromatic N) is 2. The van der Waals surface area contributed by atoms with Gasteiger partial charge >= 0.3 is 0 Å². The zero-order valence-electron chi connectivity index (χ0n) is 12.0. The van der Waals surface area contributed by atoms with Crippen LogP contribution in [0.25, 0.3) is 11.0 Å². The van der Waals surface area contributed by atoms with Crippen molar-refractivity contribution in [3.05, 3.63) is 30.3 Å². The van der Waals surface area contributed by atoms with Crippen LogP contribution in [0.15, 0.2) is 29.0 Å². The van der Waals surface area contributed by atoms with Gasteiger partial charge in [-0.05, 0) is 37.9 Å². The number of amides is 1. The van der Waals surface area contributed by atoms with E-state index in [1.54, 1.807) is 18.5 Å². The minimum atomic E-state index is -0.0953. The molecule has 3 aliphatic heterocycles. The minimum absolute atomic E-state index is 0. The van der Waals surface area contributed by atoms with E-state index >= 15 is 0 Å². The third-order valence-electron chi connectivity index (χ3n) is 4.54. The summed E-state index contributed by atoms with van der Waals surface area (Å²) >= 11 is 0. The van der Waals surface area contributed by atoms with Crippen LogP contribution in [0.4, 0.5) is 0 Å². The van der Waals surface area contributed by atoms with E-state index in [-0.39, 0.29) is 36.8 Å². The van der Waals surface area contributed by atoms with Crippen molar-refractivity contribution < 1.29 is 9.21 Å². The van der Waals surface area contributed by atoms with Gasteiger partial charge in [0.2, 0.25) is 0 Å². The molecule has 0 aliphatic carbocycles. The van der Waals surface area contributed by atoms with Gasteiger partial charge in [-0.1, -0.05) is 0 Å². The Balaban J connectivity index is 0.000000882. The smallest absolute Gasteiger partial charge is 0.270 e. The van der Waals surface area contributed by atoms with E-state index in [4.69, 9.17) is 4.42 Å². The Hall–Kier alpha value is -1.30. The Labute approximate surface area is 141 Å². The predicted octanol–water partition coefficient (Wildman–Crippen LogP) is 2.50. The first-order valence-corrected chi connectivity index (χ1v) is 7.16. The first-order valence-electron chi connectivity index (χ1n) is 7.16. The Morgan fingerprint density at radius 3 is 2.77 bits per heavy atom. The Bertz CT molecular complexity index is 653. The summed E-state index contributed by atoms with van der Waals surface area (Å²) < 4.78 is 5.32. The number of aromatic nitrogens is 1. The van der Waals surface area contributed by atoms with Crippen LogP contribution < -0.4 is 5.32 Å². The number of furan rings is 1. The van der Waals surface area contributed by atoms with Gasteiger partial charge in [-0.3, -0.25) is 9.78 Å². The molecule has 3 saturated heterocycles. The third-order valence-corrected chi connectivity index (χ3v) is 4.54. The monoisotopic (exact) mass is 343 g/mol. The first-order chi connectivity index (χ1) is 9.79. The van der Waals surface area contributed by atoms with Crippen molar-refractivity contribution in [2.45, 2.75) is 18.9 Å². The normalized spacial score (nSPS) is 26.1. The average Bonchev–Trinajstić information content (AvgIpc) is 2.96. The number of pyridine rings is 1. The molecule has 5 nitrogen and oxygen atoms in total. The second-order valence-corrected chi connectivity index (χ2v) is 5.75. The molecule has 3 fully saturated rings. The largest absolute Gasteiger partial charge is 0.464 e. The van der Waals surface area contributed by atoms with Crippen LogP contribution in [-0.2, 0) is 0 Å². The van der Waals surface area contributed by atoms with Crippen LogP contribution in [0.2, 0.25) is 0 Å². The van der Waals surface area contributed by atoms with Crippen molar-refractivity contribution in [3.63, 3.8) is 0 Å². The van der Waals surface area contributed by atoms with Crippen molar-refractivity contribution in [1.29, 1.82) is 0 Å². The highest BCUT2D eigenvalue weighted by molar-refractivity contribution is 5.95. The number of halogens is 2. The third kappa shape index (κ3) is 3.07. The molecule has 2 bridgehead atoms. The molecular formula is C15H19Cl2N3O2. The fourth-order valence-electron chi connectivity index (χ4n) is 3.35. The minimum Gasteiger partial charge on any atom is -0.464 e. The summed E-state index contributed by atoms with van der Waals surface area (Å²) in [4.78, 5) is 19.0. The fourth-order valence-corrected chi connectivity index (χ4v) is 3.35. The lowest BCUT2D eigenvalue weighted by Crippen LogP contribution is -2.57. The molecule has 22 heavy (non-hydrogen) atoms. The van der Waals surface area contributed by atoms with Gasteiger partial charge in [-0.15, -0.1) is 24.8 Å². The second kappa shape index (κ2) is 6.86. The molecule has 0 aromatic carbocycles. The molecule has 0 spiro atoms. The number of fused-ring (bicyclic) bond motifs is 4. The van der Waals surface area contributed by atoms with Crippen LogP contribution in [-0.4, -0.2) is 41.5 Å². The van der Waals surface area contributed by atoms with Crippen molar-refractivity contribution in [3.8, 4) is 0 Å². The quantitative estimate of drug-likeness (QED) is 0.909. The molecule has 5 heterocycles. The Morgan fingerprint density at radius 1 is 1.32 bits per heavy atom. The van der Waals surface area contributed by atoms with Gasteiger partial charge < -0.3 is 14.6 Å². The Morgan fingerprint density at radius 2 is 2.09 bits per heavy atom. The molecule has 1 atom stereocenters. The maximum Gasteiger partial charge on any atom is 0.270 e. The molecule has 3 aliphatic rings. The molecular weight excluding hydrogens is 325 g/mol.